The summed E-state index contributed by atoms with van der Waals surface area (Å²) in [6, 6.07) is 17.6. The minimum Gasteiger partial charge on any atom is -0.351 e. The zero-order valence-electron chi connectivity index (χ0n) is 15.6. The molecule has 0 spiro atoms. The van der Waals surface area contributed by atoms with Crippen LogP contribution < -0.4 is 11.1 Å². The maximum absolute atomic E-state index is 11.5. The summed E-state index contributed by atoms with van der Waals surface area (Å²) >= 11 is 1.58. The number of primary amides is 1. The van der Waals surface area contributed by atoms with E-state index in [1.807, 2.05) is 24.4 Å². The third-order valence-corrected chi connectivity index (χ3v) is 5.17. The zero-order chi connectivity index (χ0) is 19.9. The molecule has 2 aromatic carbocycles. The molecule has 3 aromatic rings. The number of benzene rings is 2. The summed E-state index contributed by atoms with van der Waals surface area (Å²) in [5.74, 6) is 0.337. The molecular formula is C21H22N4O2S. The topological polar surface area (TPSA) is 90.0 Å². The van der Waals surface area contributed by atoms with E-state index >= 15 is 0 Å². The molecule has 0 atom stereocenters. The fraction of sp³-hybridized carbons (Fsp3) is 0.190. The number of nitrogens with one attached hydrogen (secondary N) is 1. The van der Waals surface area contributed by atoms with Gasteiger partial charge in [-0.1, -0.05) is 59.8 Å². The van der Waals surface area contributed by atoms with Gasteiger partial charge in [-0.05, 0) is 25.5 Å². The van der Waals surface area contributed by atoms with Crippen molar-refractivity contribution >= 4 is 23.7 Å². The van der Waals surface area contributed by atoms with Crippen molar-refractivity contribution in [1.82, 2.24) is 14.9 Å². The second-order valence-corrected chi connectivity index (χ2v) is 7.39. The number of urea groups is 1. The summed E-state index contributed by atoms with van der Waals surface area (Å²) in [6.07, 6.45) is 2.73. The van der Waals surface area contributed by atoms with Gasteiger partial charge in [0.1, 0.15) is 0 Å². The maximum Gasteiger partial charge on any atom is 0.318 e. The summed E-state index contributed by atoms with van der Waals surface area (Å²) in [5.41, 5.74) is 9.28. The Bertz CT molecular complexity index is 952. The van der Waals surface area contributed by atoms with E-state index in [2.05, 4.69) is 58.2 Å². The van der Waals surface area contributed by atoms with Gasteiger partial charge in [0.25, 0.3) is 0 Å². The number of nitrogens with two attached hydrogens (primary N) is 1. The van der Waals surface area contributed by atoms with Crippen LogP contribution in [0.3, 0.4) is 0 Å². The van der Waals surface area contributed by atoms with Crippen LogP contribution in [0, 0.1) is 6.92 Å². The number of imide groups is 1. The van der Waals surface area contributed by atoms with Crippen LogP contribution in [-0.4, -0.2) is 27.2 Å². The summed E-state index contributed by atoms with van der Waals surface area (Å²) in [7, 11) is 0. The number of carbonyl (C=O) groups is 2. The fourth-order valence-corrected chi connectivity index (χ4v) is 3.72. The molecule has 144 valence electrons. The highest BCUT2D eigenvalue weighted by Gasteiger charge is 2.14. The lowest BCUT2D eigenvalue weighted by atomic mass is 10.1. The van der Waals surface area contributed by atoms with Crippen molar-refractivity contribution in [2.75, 3.05) is 5.75 Å². The first-order chi connectivity index (χ1) is 13.5. The highest BCUT2D eigenvalue weighted by atomic mass is 32.2. The molecule has 1 heterocycles. The largest absolute Gasteiger partial charge is 0.351 e. The average Bonchev–Trinajstić information content (AvgIpc) is 3.10. The Morgan fingerprint density at radius 2 is 1.82 bits per heavy atom. The Kier molecular flexibility index (Phi) is 6.49. The minimum atomic E-state index is -0.819. The summed E-state index contributed by atoms with van der Waals surface area (Å²) in [4.78, 5) is 26.8. The predicted octanol–water partition coefficient (Wildman–Crippen LogP) is 3.91. The number of aryl methyl sites for hydroxylation is 1. The molecule has 7 heteroatoms. The highest BCUT2D eigenvalue weighted by Crippen LogP contribution is 2.30. The molecule has 6 nitrogen and oxygen atoms in total. The number of carbonyl (C=O) groups excluding carboxylic acids is 2. The lowest BCUT2D eigenvalue weighted by molar-refractivity contribution is -0.119. The van der Waals surface area contributed by atoms with Gasteiger partial charge in [0, 0.05) is 23.4 Å². The molecule has 0 aliphatic rings. The number of amides is 3. The number of hydrogen-bond acceptors (Lipinski definition) is 4. The molecular weight excluding hydrogens is 372 g/mol. The molecule has 3 rings (SSSR count). The fourth-order valence-electron chi connectivity index (χ4n) is 2.79. The lowest BCUT2D eigenvalue weighted by Crippen LogP contribution is -2.34. The second-order valence-electron chi connectivity index (χ2n) is 6.33. The van der Waals surface area contributed by atoms with Crippen LogP contribution in [0.2, 0.25) is 0 Å². The molecule has 0 radical (unpaired) electrons. The van der Waals surface area contributed by atoms with Gasteiger partial charge < -0.3 is 5.73 Å². The van der Waals surface area contributed by atoms with E-state index in [9.17, 15) is 9.59 Å². The van der Waals surface area contributed by atoms with E-state index in [1.54, 1.807) is 11.8 Å². The third-order valence-electron chi connectivity index (χ3n) is 4.13. The third kappa shape index (κ3) is 5.01. The number of rotatable bonds is 7. The first-order valence-corrected chi connectivity index (χ1v) is 9.95. The van der Waals surface area contributed by atoms with Gasteiger partial charge in [-0.15, -0.1) is 0 Å². The number of nitrogens with zero attached hydrogens (tertiary/aromatic N) is 2. The summed E-state index contributed by atoms with van der Waals surface area (Å²) < 4.78 is 2.13. The van der Waals surface area contributed by atoms with Crippen LogP contribution in [-0.2, 0) is 4.79 Å². The highest BCUT2D eigenvalue weighted by molar-refractivity contribution is 7.99. The van der Waals surface area contributed by atoms with E-state index in [4.69, 9.17) is 5.73 Å². The van der Waals surface area contributed by atoms with Crippen molar-refractivity contribution in [1.29, 1.82) is 0 Å². The van der Waals surface area contributed by atoms with Crippen LogP contribution in [0.15, 0.2) is 66.0 Å². The van der Waals surface area contributed by atoms with Crippen LogP contribution in [0.4, 0.5) is 4.79 Å². The number of imidazole rings is 1. The molecule has 0 aliphatic heterocycles. The van der Waals surface area contributed by atoms with Gasteiger partial charge >= 0.3 is 6.03 Å². The van der Waals surface area contributed by atoms with Crippen molar-refractivity contribution < 1.29 is 9.59 Å². The van der Waals surface area contributed by atoms with Gasteiger partial charge in [0.2, 0.25) is 5.91 Å². The van der Waals surface area contributed by atoms with Crippen LogP contribution in [0.5, 0.6) is 0 Å². The minimum absolute atomic E-state index is 0.243. The lowest BCUT2D eigenvalue weighted by Gasteiger charge is -2.12. The van der Waals surface area contributed by atoms with Crippen LogP contribution in [0.1, 0.15) is 18.4 Å². The molecule has 0 unspecified atom stereocenters. The van der Waals surface area contributed by atoms with Crippen LogP contribution in [0.25, 0.3) is 16.9 Å². The number of aromatic nitrogens is 2. The monoisotopic (exact) mass is 394 g/mol. The van der Waals surface area contributed by atoms with Crippen molar-refractivity contribution in [3.05, 3.63) is 66.4 Å². The molecule has 28 heavy (non-hydrogen) atoms. The van der Waals surface area contributed by atoms with Crippen molar-refractivity contribution in [3.63, 3.8) is 0 Å². The molecule has 3 N–H and O–H groups in total. The Balaban J connectivity index is 1.79. The molecule has 0 saturated heterocycles. The molecule has 3 amide bonds. The molecule has 0 bridgehead atoms. The Labute approximate surface area is 168 Å². The normalized spacial score (nSPS) is 10.6. The maximum atomic E-state index is 11.5. The van der Waals surface area contributed by atoms with Crippen molar-refractivity contribution in [2.45, 2.75) is 24.9 Å². The predicted molar refractivity (Wildman–Crippen MR) is 111 cm³/mol. The number of thioether (sulfide) groups is 1. The first-order valence-electron chi connectivity index (χ1n) is 8.97. The molecule has 1 aromatic heterocycles. The van der Waals surface area contributed by atoms with Crippen LogP contribution >= 0.6 is 11.8 Å². The van der Waals surface area contributed by atoms with Gasteiger partial charge in [0.15, 0.2) is 5.16 Å². The van der Waals surface area contributed by atoms with Crippen molar-refractivity contribution in [3.8, 4) is 16.9 Å². The standard InChI is InChI=1S/C21H22N4O2S/c1-15-9-11-17(12-10-15)25-18(16-6-3-2-4-7-16)14-23-21(25)28-13-5-8-19(26)24-20(22)27/h2-4,6-7,9-12,14H,5,8,13H2,1H3,(H3,22,24,26,27). The van der Waals surface area contributed by atoms with E-state index in [0.717, 1.165) is 22.1 Å². The molecule has 0 aliphatic carbocycles. The Morgan fingerprint density at radius 1 is 1.11 bits per heavy atom. The zero-order valence-corrected chi connectivity index (χ0v) is 16.4. The smallest absolute Gasteiger partial charge is 0.318 e. The second kappa shape index (κ2) is 9.23. The summed E-state index contributed by atoms with van der Waals surface area (Å²) in [5, 5.41) is 2.94. The summed E-state index contributed by atoms with van der Waals surface area (Å²) in [6.45, 7) is 2.06. The Morgan fingerprint density at radius 3 is 2.50 bits per heavy atom. The first kappa shape index (κ1) is 19.7. The van der Waals surface area contributed by atoms with Gasteiger partial charge in [-0.3, -0.25) is 14.7 Å². The molecule has 0 saturated carbocycles. The van der Waals surface area contributed by atoms with Gasteiger partial charge in [0.05, 0.1) is 11.9 Å². The molecule has 0 fully saturated rings. The van der Waals surface area contributed by atoms with Crippen molar-refractivity contribution in [2.24, 2.45) is 5.73 Å². The van der Waals surface area contributed by atoms with E-state index in [-0.39, 0.29) is 12.3 Å². The average molecular weight is 395 g/mol. The van der Waals surface area contributed by atoms with E-state index in [1.165, 1.54) is 5.56 Å². The quantitative estimate of drug-likeness (QED) is 0.469. The van der Waals surface area contributed by atoms with Gasteiger partial charge in [-0.25, -0.2) is 9.78 Å². The SMILES string of the molecule is Cc1ccc(-n2c(-c3ccccc3)cnc2SCCCC(=O)NC(N)=O)cc1. The van der Waals surface area contributed by atoms with E-state index < -0.39 is 6.03 Å². The van der Waals surface area contributed by atoms with Gasteiger partial charge in [-0.2, -0.15) is 0 Å². The number of hydrogen-bond donors (Lipinski definition) is 2. The van der Waals surface area contributed by atoms with E-state index in [0.29, 0.717) is 12.2 Å². The Hall–Kier alpha value is -3.06.